The fourth-order valence-corrected chi connectivity index (χ4v) is 3.40. The fourth-order valence-electron chi connectivity index (χ4n) is 2.33. The van der Waals surface area contributed by atoms with Crippen molar-refractivity contribution in [1.29, 1.82) is 0 Å². The third-order valence-electron chi connectivity index (χ3n) is 3.30. The summed E-state index contributed by atoms with van der Waals surface area (Å²) in [7, 11) is 0. The van der Waals surface area contributed by atoms with Gasteiger partial charge in [-0.05, 0) is 45.4 Å². The van der Waals surface area contributed by atoms with E-state index in [2.05, 4.69) is 11.8 Å². The lowest BCUT2D eigenvalue weighted by molar-refractivity contribution is 0.0834. The number of hydrogen-bond donors (Lipinski definition) is 0. The molecule has 0 N–H and O–H groups in total. The van der Waals surface area contributed by atoms with Gasteiger partial charge in [-0.15, -0.1) is 11.3 Å². The second-order valence-corrected chi connectivity index (χ2v) is 6.09. The number of halogens is 1. The van der Waals surface area contributed by atoms with Gasteiger partial charge in [-0.3, -0.25) is 9.69 Å². The summed E-state index contributed by atoms with van der Waals surface area (Å²) in [5, 5.41) is 0. The smallest absolute Gasteiger partial charge is 0.189 e. The van der Waals surface area contributed by atoms with Crippen LogP contribution in [0.15, 0.2) is 12.1 Å². The highest BCUT2D eigenvalue weighted by atomic mass is 35.5. The van der Waals surface area contributed by atoms with Gasteiger partial charge >= 0.3 is 0 Å². The molecule has 1 aliphatic heterocycles. The van der Waals surface area contributed by atoms with Crippen LogP contribution in [0.2, 0.25) is 4.34 Å². The second-order valence-electron chi connectivity index (χ2n) is 4.37. The van der Waals surface area contributed by atoms with Gasteiger partial charge in [-0.1, -0.05) is 11.6 Å². The maximum absolute atomic E-state index is 12.2. The highest BCUT2D eigenvalue weighted by Crippen LogP contribution is 2.26. The molecule has 2 rings (SSSR count). The van der Waals surface area contributed by atoms with E-state index in [1.54, 1.807) is 6.07 Å². The van der Waals surface area contributed by atoms with Gasteiger partial charge in [-0.2, -0.15) is 0 Å². The van der Waals surface area contributed by atoms with Crippen LogP contribution in [0, 0.1) is 0 Å². The van der Waals surface area contributed by atoms with Gasteiger partial charge in [0.05, 0.1) is 15.3 Å². The van der Waals surface area contributed by atoms with Gasteiger partial charge in [0, 0.05) is 6.04 Å². The molecule has 16 heavy (non-hydrogen) atoms. The Morgan fingerprint density at radius 3 is 2.88 bits per heavy atom. The van der Waals surface area contributed by atoms with E-state index in [1.165, 1.54) is 24.2 Å². The van der Waals surface area contributed by atoms with Gasteiger partial charge < -0.3 is 0 Å². The molecule has 2 unspecified atom stereocenters. The molecule has 4 heteroatoms. The Kier molecular flexibility index (Phi) is 3.67. The number of hydrogen-bond acceptors (Lipinski definition) is 3. The first-order valence-electron chi connectivity index (χ1n) is 5.65. The van der Waals surface area contributed by atoms with E-state index in [9.17, 15) is 4.79 Å². The number of carbonyl (C=O) groups excluding carboxylic acids is 1. The zero-order valence-electron chi connectivity index (χ0n) is 9.57. The summed E-state index contributed by atoms with van der Waals surface area (Å²) < 4.78 is 0.685. The van der Waals surface area contributed by atoms with Gasteiger partial charge in [0.2, 0.25) is 0 Å². The molecule has 2 heterocycles. The van der Waals surface area contributed by atoms with E-state index in [1.807, 2.05) is 13.0 Å². The fraction of sp³-hybridized carbons (Fsp3) is 0.583. The lowest BCUT2D eigenvalue weighted by atomic mass is 10.1. The summed E-state index contributed by atoms with van der Waals surface area (Å²) in [4.78, 5) is 15.3. The van der Waals surface area contributed by atoms with E-state index in [0.29, 0.717) is 10.4 Å². The van der Waals surface area contributed by atoms with Crippen LogP contribution < -0.4 is 0 Å². The van der Waals surface area contributed by atoms with Crippen molar-refractivity contribution in [3.05, 3.63) is 21.3 Å². The maximum Gasteiger partial charge on any atom is 0.189 e. The Labute approximate surface area is 105 Å². The number of nitrogens with zero attached hydrogens (tertiary/aromatic N) is 1. The molecule has 1 aromatic rings. The quantitative estimate of drug-likeness (QED) is 0.773. The molecule has 1 fully saturated rings. The summed E-state index contributed by atoms with van der Waals surface area (Å²) in [5.41, 5.74) is 0. The normalized spacial score (nSPS) is 23.6. The molecule has 1 aliphatic rings. The van der Waals surface area contributed by atoms with Crippen molar-refractivity contribution in [2.24, 2.45) is 0 Å². The third kappa shape index (κ3) is 2.31. The van der Waals surface area contributed by atoms with Crippen LogP contribution in [0.5, 0.6) is 0 Å². The topological polar surface area (TPSA) is 20.3 Å². The van der Waals surface area contributed by atoms with E-state index < -0.39 is 0 Å². The first kappa shape index (κ1) is 12.1. The molecule has 0 aliphatic carbocycles. The van der Waals surface area contributed by atoms with Crippen LogP contribution in [0.4, 0.5) is 0 Å². The molecule has 88 valence electrons. The van der Waals surface area contributed by atoms with E-state index in [-0.39, 0.29) is 11.8 Å². The van der Waals surface area contributed by atoms with Crippen LogP contribution in [0.25, 0.3) is 0 Å². The Morgan fingerprint density at radius 1 is 1.62 bits per heavy atom. The maximum atomic E-state index is 12.2. The van der Waals surface area contributed by atoms with Crippen molar-refractivity contribution in [3.63, 3.8) is 0 Å². The highest BCUT2D eigenvalue weighted by molar-refractivity contribution is 7.18. The monoisotopic (exact) mass is 257 g/mol. The lowest BCUT2D eigenvalue weighted by Gasteiger charge is -2.26. The lowest BCUT2D eigenvalue weighted by Crippen LogP contribution is -2.40. The minimum absolute atomic E-state index is 0.0211. The summed E-state index contributed by atoms with van der Waals surface area (Å²) >= 11 is 7.22. The van der Waals surface area contributed by atoms with Gasteiger partial charge in [0.25, 0.3) is 0 Å². The zero-order valence-corrected chi connectivity index (χ0v) is 11.1. The largest absolute Gasteiger partial charge is 0.291 e. The summed E-state index contributed by atoms with van der Waals surface area (Å²) in [6.45, 7) is 5.23. The summed E-state index contributed by atoms with van der Waals surface area (Å²) in [6.07, 6.45) is 2.40. The van der Waals surface area contributed by atoms with E-state index in [4.69, 9.17) is 11.6 Å². The summed E-state index contributed by atoms with van der Waals surface area (Å²) in [6, 6.07) is 4.12. The Morgan fingerprint density at radius 2 is 2.38 bits per heavy atom. The third-order valence-corrected chi connectivity index (χ3v) is 4.54. The van der Waals surface area contributed by atoms with Crippen molar-refractivity contribution < 1.29 is 4.79 Å². The van der Waals surface area contributed by atoms with Crippen molar-refractivity contribution >= 4 is 28.7 Å². The second kappa shape index (κ2) is 4.86. The molecule has 0 spiro atoms. The number of carbonyl (C=O) groups is 1. The van der Waals surface area contributed by atoms with Crippen molar-refractivity contribution in [2.75, 3.05) is 6.54 Å². The predicted octanol–water partition coefficient (Wildman–Crippen LogP) is 3.46. The van der Waals surface area contributed by atoms with Crippen molar-refractivity contribution in [3.8, 4) is 0 Å². The highest BCUT2D eigenvalue weighted by Gasteiger charge is 2.30. The van der Waals surface area contributed by atoms with Crippen LogP contribution >= 0.6 is 22.9 Å². The zero-order chi connectivity index (χ0) is 11.7. The molecule has 0 amide bonds. The molecule has 2 atom stereocenters. The molecule has 0 aromatic carbocycles. The minimum atomic E-state index is -0.0211. The first-order valence-corrected chi connectivity index (χ1v) is 6.84. The Balaban J connectivity index is 2.10. The predicted molar refractivity (Wildman–Crippen MR) is 68.5 cm³/mol. The summed E-state index contributed by atoms with van der Waals surface area (Å²) in [5.74, 6) is 0.200. The van der Waals surface area contributed by atoms with Crippen LogP contribution in [0.3, 0.4) is 0 Å². The van der Waals surface area contributed by atoms with Crippen LogP contribution in [0.1, 0.15) is 36.4 Å². The molecule has 0 bridgehead atoms. The molecule has 0 saturated carbocycles. The molecular formula is C12H16ClNOS. The first-order chi connectivity index (χ1) is 7.59. The van der Waals surface area contributed by atoms with Crippen LogP contribution in [-0.4, -0.2) is 29.3 Å². The van der Waals surface area contributed by atoms with Crippen LogP contribution in [-0.2, 0) is 0 Å². The molecular weight excluding hydrogens is 242 g/mol. The number of likely N-dealkylation sites (tertiary alicyclic amines) is 1. The van der Waals surface area contributed by atoms with Gasteiger partial charge in [0.1, 0.15) is 0 Å². The number of thiophene rings is 1. The molecule has 1 saturated heterocycles. The van der Waals surface area contributed by atoms with Gasteiger partial charge in [0.15, 0.2) is 5.78 Å². The number of rotatable bonds is 3. The molecule has 2 nitrogen and oxygen atoms in total. The standard InChI is InChI=1S/C12H16ClNOS/c1-8-4-3-7-14(8)9(2)12(15)10-5-6-11(13)16-10/h5-6,8-9H,3-4,7H2,1-2H3. The Bertz CT molecular complexity index is 390. The molecule has 0 radical (unpaired) electrons. The number of Topliss-reactive ketones (excluding diaryl/α,β-unsaturated/α-hetero) is 1. The van der Waals surface area contributed by atoms with E-state index in [0.717, 1.165) is 11.4 Å². The van der Waals surface area contributed by atoms with E-state index >= 15 is 0 Å². The minimum Gasteiger partial charge on any atom is -0.291 e. The number of ketones is 1. The van der Waals surface area contributed by atoms with Crippen molar-refractivity contribution in [1.82, 2.24) is 4.90 Å². The molecule has 1 aromatic heterocycles. The van der Waals surface area contributed by atoms with Gasteiger partial charge in [-0.25, -0.2) is 0 Å². The Hall–Kier alpha value is -0.380. The SMILES string of the molecule is CC1CCCN1C(C)C(=O)c1ccc(Cl)s1. The average Bonchev–Trinajstić information content (AvgIpc) is 2.85. The van der Waals surface area contributed by atoms with Crippen molar-refractivity contribution in [2.45, 2.75) is 38.8 Å². The average molecular weight is 258 g/mol.